The Bertz CT molecular complexity index is 890. The van der Waals surface area contributed by atoms with Gasteiger partial charge < -0.3 is 5.32 Å². The Hall–Kier alpha value is -1.56. The second kappa shape index (κ2) is 9.97. The van der Waals surface area contributed by atoms with Crippen LogP contribution in [0.25, 0.3) is 0 Å². The molecule has 4 aliphatic carbocycles. The number of unbranched alkanes of at least 4 members (excludes halogenated alkanes) is 1. The summed E-state index contributed by atoms with van der Waals surface area (Å²) >= 11 is 0. The van der Waals surface area contributed by atoms with E-state index in [0.717, 1.165) is 43.4 Å². The average molecular weight is 475 g/mol. The first-order valence-electron chi connectivity index (χ1n) is 13.1. The maximum atomic E-state index is 12.6. The van der Waals surface area contributed by atoms with Gasteiger partial charge in [-0.25, -0.2) is 8.42 Å². The molecule has 1 unspecified atom stereocenters. The third kappa shape index (κ3) is 5.58. The molecule has 0 heterocycles. The van der Waals surface area contributed by atoms with E-state index < -0.39 is 10.0 Å². The molecule has 4 bridgehead atoms. The number of nitrogens with zero attached hydrogens (tertiary/aromatic N) is 1. The van der Waals surface area contributed by atoms with E-state index in [1.54, 1.807) is 0 Å². The quantitative estimate of drug-likeness (QED) is 0.476. The van der Waals surface area contributed by atoms with Crippen LogP contribution in [-0.2, 0) is 20.2 Å². The average Bonchev–Trinajstić information content (AvgIpc) is 2.76. The first kappa shape index (κ1) is 24.6. The second-order valence-corrected chi connectivity index (χ2v) is 13.1. The summed E-state index contributed by atoms with van der Waals surface area (Å²) in [7, 11) is -3.56. The Labute approximate surface area is 200 Å². The Morgan fingerprint density at radius 2 is 1.64 bits per heavy atom. The van der Waals surface area contributed by atoms with Crippen molar-refractivity contribution < 1.29 is 13.2 Å². The third-order valence-electron chi connectivity index (χ3n) is 8.62. The Kier molecular flexibility index (Phi) is 7.42. The molecule has 0 spiro atoms. The molecule has 0 aromatic heterocycles. The first-order chi connectivity index (χ1) is 15.7. The van der Waals surface area contributed by atoms with Gasteiger partial charge in [-0.3, -0.25) is 9.10 Å². The van der Waals surface area contributed by atoms with Crippen molar-refractivity contribution in [2.75, 3.05) is 23.7 Å². The van der Waals surface area contributed by atoms with E-state index in [2.05, 4.69) is 31.3 Å². The van der Waals surface area contributed by atoms with E-state index in [0.29, 0.717) is 18.2 Å². The molecule has 1 atom stereocenters. The highest BCUT2D eigenvalue weighted by atomic mass is 32.2. The van der Waals surface area contributed by atoms with E-state index in [4.69, 9.17) is 0 Å². The maximum Gasteiger partial charge on any atom is 0.240 e. The zero-order valence-electron chi connectivity index (χ0n) is 20.7. The number of sulfonamides is 1. The van der Waals surface area contributed by atoms with Gasteiger partial charge in [-0.15, -0.1) is 0 Å². The van der Waals surface area contributed by atoms with Crippen LogP contribution in [0.1, 0.15) is 83.6 Å². The molecule has 33 heavy (non-hydrogen) atoms. The number of carbonyl (C=O) groups excluding carboxylic acids is 1. The number of nitrogens with one attached hydrogen (secondary N) is 1. The minimum Gasteiger partial charge on any atom is -0.354 e. The van der Waals surface area contributed by atoms with Crippen LogP contribution < -0.4 is 9.62 Å². The summed E-state index contributed by atoms with van der Waals surface area (Å²) in [4.78, 5) is 12.6. The zero-order chi connectivity index (χ0) is 23.6. The largest absolute Gasteiger partial charge is 0.354 e. The summed E-state index contributed by atoms with van der Waals surface area (Å²) in [5.41, 5.74) is 2.23. The molecule has 1 N–H and O–H groups in total. The Morgan fingerprint density at radius 1 is 1.06 bits per heavy atom. The van der Waals surface area contributed by atoms with Crippen molar-refractivity contribution in [3.05, 3.63) is 29.8 Å². The van der Waals surface area contributed by atoms with E-state index in [9.17, 15) is 13.2 Å². The molecule has 0 saturated heterocycles. The topological polar surface area (TPSA) is 66.5 Å². The lowest BCUT2D eigenvalue weighted by atomic mass is 9.48. The van der Waals surface area contributed by atoms with Crippen LogP contribution in [0.2, 0.25) is 0 Å². The Balaban J connectivity index is 1.43. The molecule has 1 amide bonds. The predicted octanol–water partition coefficient (Wildman–Crippen LogP) is 5.25. The van der Waals surface area contributed by atoms with E-state index in [1.165, 1.54) is 54.6 Å². The van der Waals surface area contributed by atoms with Crippen LogP contribution in [0.5, 0.6) is 0 Å². The molecule has 1 aromatic carbocycles. The molecule has 4 saturated carbocycles. The lowest BCUT2D eigenvalue weighted by molar-refractivity contribution is -0.119. The number of hydrogen-bond acceptors (Lipinski definition) is 3. The molecule has 0 radical (unpaired) electrons. The molecule has 184 valence electrons. The SMILES string of the molecule is CCCCC(CC)CNC(=O)CN(c1ccc(C23CC4CC(CC(C4)C2)C3)cc1)S(C)(=O)=O. The maximum absolute atomic E-state index is 12.6. The summed E-state index contributed by atoms with van der Waals surface area (Å²) in [6.07, 6.45) is 13.7. The fraction of sp³-hybridized carbons (Fsp3) is 0.741. The summed E-state index contributed by atoms with van der Waals surface area (Å²) in [6, 6.07) is 8.10. The standard InChI is InChI=1S/C27H42N2O3S/c1-4-6-7-20(5-2)18-28-26(30)19-29(33(3,31)32)25-10-8-24(9-11-25)27-15-21-12-22(16-27)14-23(13-21)17-27/h8-11,20-23H,4-7,12-19H2,1-3H3,(H,28,30). The molecular formula is C27H42N2O3S. The number of amides is 1. The number of benzene rings is 1. The summed E-state index contributed by atoms with van der Waals surface area (Å²) in [6.45, 7) is 4.75. The normalized spacial score (nSPS) is 29.1. The molecule has 5 nitrogen and oxygen atoms in total. The molecule has 0 aliphatic heterocycles. The van der Waals surface area contributed by atoms with Crippen LogP contribution in [0.4, 0.5) is 5.69 Å². The van der Waals surface area contributed by atoms with Crippen molar-refractivity contribution in [1.29, 1.82) is 0 Å². The molecule has 4 aliphatic rings. The minimum absolute atomic E-state index is 0.167. The van der Waals surface area contributed by atoms with Crippen LogP contribution >= 0.6 is 0 Å². The van der Waals surface area contributed by atoms with Crippen LogP contribution in [0, 0.1) is 23.7 Å². The second-order valence-electron chi connectivity index (χ2n) is 11.2. The fourth-order valence-corrected chi connectivity index (χ4v) is 8.09. The number of hydrogen-bond donors (Lipinski definition) is 1. The van der Waals surface area contributed by atoms with Crippen molar-refractivity contribution in [1.82, 2.24) is 5.32 Å². The third-order valence-corrected chi connectivity index (χ3v) is 9.77. The van der Waals surface area contributed by atoms with Gasteiger partial charge in [-0.2, -0.15) is 0 Å². The smallest absolute Gasteiger partial charge is 0.240 e. The van der Waals surface area contributed by atoms with Gasteiger partial charge in [-0.1, -0.05) is 45.2 Å². The number of rotatable bonds is 11. The van der Waals surface area contributed by atoms with Crippen LogP contribution in [-0.4, -0.2) is 33.7 Å². The highest BCUT2D eigenvalue weighted by molar-refractivity contribution is 7.92. The van der Waals surface area contributed by atoms with Gasteiger partial charge >= 0.3 is 0 Å². The molecular weight excluding hydrogens is 432 g/mol. The van der Waals surface area contributed by atoms with Gasteiger partial charge in [0.25, 0.3) is 0 Å². The van der Waals surface area contributed by atoms with Crippen molar-refractivity contribution in [3.63, 3.8) is 0 Å². The molecule has 6 heteroatoms. The van der Waals surface area contributed by atoms with Gasteiger partial charge in [0.1, 0.15) is 6.54 Å². The first-order valence-corrected chi connectivity index (χ1v) is 14.9. The highest BCUT2D eigenvalue weighted by Gasteiger charge is 2.51. The predicted molar refractivity (Wildman–Crippen MR) is 135 cm³/mol. The molecule has 5 rings (SSSR count). The lowest BCUT2D eigenvalue weighted by Crippen LogP contribution is -2.48. The highest BCUT2D eigenvalue weighted by Crippen LogP contribution is 2.60. The van der Waals surface area contributed by atoms with Crippen molar-refractivity contribution in [3.8, 4) is 0 Å². The fourth-order valence-electron chi connectivity index (χ4n) is 7.23. The van der Waals surface area contributed by atoms with E-state index in [-0.39, 0.29) is 17.9 Å². The van der Waals surface area contributed by atoms with E-state index >= 15 is 0 Å². The van der Waals surface area contributed by atoms with Gasteiger partial charge in [0, 0.05) is 6.54 Å². The van der Waals surface area contributed by atoms with Crippen LogP contribution in [0.15, 0.2) is 24.3 Å². The number of carbonyl (C=O) groups is 1. The minimum atomic E-state index is -3.56. The van der Waals surface area contributed by atoms with E-state index in [1.807, 2.05) is 12.1 Å². The Morgan fingerprint density at radius 3 is 2.12 bits per heavy atom. The van der Waals surface area contributed by atoms with Crippen LogP contribution in [0.3, 0.4) is 0 Å². The van der Waals surface area contributed by atoms with Crippen molar-refractivity contribution in [2.24, 2.45) is 23.7 Å². The monoisotopic (exact) mass is 474 g/mol. The lowest BCUT2D eigenvalue weighted by Gasteiger charge is -2.57. The number of anilines is 1. The summed E-state index contributed by atoms with van der Waals surface area (Å²) < 4.78 is 26.4. The van der Waals surface area contributed by atoms with Crippen molar-refractivity contribution in [2.45, 2.75) is 83.5 Å². The summed E-state index contributed by atoms with van der Waals surface area (Å²) in [5, 5.41) is 2.97. The molecule has 4 fully saturated rings. The summed E-state index contributed by atoms with van der Waals surface area (Å²) in [5.74, 6) is 2.82. The van der Waals surface area contributed by atoms with Crippen molar-refractivity contribution >= 4 is 21.6 Å². The van der Waals surface area contributed by atoms with Gasteiger partial charge in [0.15, 0.2) is 0 Å². The zero-order valence-corrected chi connectivity index (χ0v) is 21.5. The van der Waals surface area contributed by atoms with Gasteiger partial charge in [-0.05, 0) is 91.7 Å². The van der Waals surface area contributed by atoms with Gasteiger partial charge in [0.05, 0.1) is 11.9 Å². The van der Waals surface area contributed by atoms with Gasteiger partial charge in [0.2, 0.25) is 15.9 Å². The molecule has 1 aromatic rings.